The average Bonchev–Trinajstić information content (AvgIpc) is 2.96. The van der Waals surface area contributed by atoms with Crippen LogP contribution in [0.5, 0.6) is 0 Å². The molecule has 2 fully saturated rings. The molecule has 3 atom stereocenters. The summed E-state index contributed by atoms with van der Waals surface area (Å²) in [5.74, 6) is -0.213. The Morgan fingerprint density at radius 1 is 1.29 bits per heavy atom. The number of pyridine rings is 1. The lowest BCUT2D eigenvalue weighted by atomic mass is 9.84. The summed E-state index contributed by atoms with van der Waals surface area (Å²) < 4.78 is 0. The van der Waals surface area contributed by atoms with Crippen LogP contribution in [-0.2, 0) is 11.3 Å². The Kier molecular flexibility index (Phi) is 4.19. The molecule has 4 rings (SSSR count). The number of fused-ring (bicyclic) bond motifs is 2. The number of halogens is 1. The molecule has 1 saturated heterocycles. The molecule has 1 aliphatic carbocycles. The molecule has 1 aromatic carbocycles. The Labute approximate surface area is 146 Å². The zero-order chi connectivity index (χ0) is 16.7. The third-order valence-electron chi connectivity index (χ3n) is 5.67. The molecule has 126 valence electrons. The second-order valence-corrected chi connectivity index (χ2v) is 7.38. The van der Waals surface area contributed by atoms with Crippen LogP contribution >= 0.6 is 11.6 Å². The number of carboxylic acid groups (broad SMARTS) is 1. The highest BCUT2D eigenvalue weighted by Gasteiger charge is 2.45. The third-order valence-corrected chi connectivity index (χ3v) is 6.02. The van der Waals surface area contributed by atoms with Gasteiger partial charge in [-0.3, -0.25) is 14.7 Å². The molecule has 0 amide bonds. The first-order valence-corrected chi connectivity index (χ1v) is 9.03. The SMILES string of the molecule is O=C(O)C1CC2CCCCC2N1Cc1c(Cl)ccc2cccnc12. The van der Waals surface area contributed by atoms with E-state index in [4.69, 9.17) is 11.6 Å². The molecule has 3 unspecified atom stereocenters. The van der Waals surface area contributed by atoms with Gasteiger partial charge in [-0.2, -0.15) is 0 Å². The van der Waals surface area contributed by atoms with Crippen molar-refractivity contribution >= 4 is 28.5 Å². The number of aromatic nitrogens is 1. The lowest BCUT2D eigenvalue weighted by molar-refractivity contribution is -0.142. The molecule has 1 aliphatic heterocycles. The van der Waals surface area contributed by atoms with Crippen molar-refractivity contribution in [3.05, 3.63) is 41.0 Å². The van der Waals surface area contributed by atoms with Crippen LogP contribution < -0.4 is 0 Å². The Bertz CT molecular complexity index is 779. The molecule has 24 heavy (non-hydrogen) atoms. The van der Waals surface area contributed by atoms with Crippen molar-refractivity contribution in [2.24, 2.45) is 5.92 Å². The first kappa shape index (κ1) is 15.9. The summed E-state index contributed by atoms with van der Waals surface area (Å²) in [6, 6.07) is 7.74. The topological polar surface area (TPSA) is 53.4 Å². The number of likely N-dealkylation sites (tertiary alicyclic amines) is 1. The molecule has 2 aliphatic rings. The number of rotatable bonds is 3. The Morgan fingerprint density at radius 2 is 2.12 bits per heavy atom. The monoisotopic (exact) mass is 344 g/mol. The third kappa shape index (κ3) is 2.68. The fourth-order valence-electron chi connectivity index (χ4n) is 4.54. The molecule has 4 nitrogen and oxygen atoms in total. The predicted octanol–water partition coefficient (Wildman–Crippen LogP) is 4.11. The van der Waals surface area contributed by atoms with Crippen molar-refractivity contribution in [3.8, 4) is 0 Å². The molecule has 0 bridgehead atoms. The summed E-state index contributed by atoms with van der Waals surface area (Å²) in [4.78, 5) is 18.5. The highest BCUT2D eigenvalue weighted by atomic mass is 35.5. The number of nitrogens with zero attached hydrogens (tertiary/aromatic N) is 2. The lowest BCUT2D eigenvalue weighted by Gasteiger charge is -2.33. The standard InChI is InChI=1S/C19H21ClN2O2/c20-15-8-7-12-5-3-9-21-18(12)14(15)11-22-16-6-2-1-4-13(16)10-17(22)19(23)24/h3,5,7-9,13,16-17H,1-2,4,6,10-11H2,(H,23,24). The van der Waals surface area contributed by atoms with Crippen LogP contribution in [0.15, 0.2) is 30.5 Å². The van der Waals surface area contributed by atoms with Gasteiger partial charge in [0.15, 0.2) is 0 Å². The smallest absolute Gasteiger partial charge is 0.320 e. The fourth-order valence-corrected chi connectivity index (χ4v) is 4.75. The van der Waals surface area contributed by atoms with Crippen LogP contribution in [0.3, 0.4) is 0 Å². The van der Waals surface area contributed by atoms with Gasteiger partial charge in [0.05, 0.1) is 5.52 Å². The van der Waals surface area contributed by atoms with E-state index in [0.29, 0.717) is 23.5 Å². The van der Waals surface area contributed by atoms with Crippen LogP contribution in [-0.4, -0.2) is 33.0 Å². The zero-order valence-electron chi connectivity index (χ0n) is 13.5. The predicted molar refractivity (Wildman–Crippen MR) is 94.1 cm³/mol. The molecule has 0 radical (unpaired) electrons. The summed E-state index contributed by atoms with van der Waals surface area (Å²) in [7, 11) is 0. The highest BCUT2D eigenvalue weighted by molar-refractivity contribution is 6.32. The quantitative estimate of drug-likeness (QED) is 0.910. The van der Waals surface area contributed by atoms with Crippen LogP contribution in [0.25, 0.3) is 10.9 Å². The molecule has 1 aromatic heterocycles. The van der Waals surface area contributed by atoms with Crippen molar-refractivity contribution in [2.45, 2.75) is 50.7 Å². The summed E-state index contributed by atoms with van der Waals surface area (Å²) in [6.45, 7) is 0.561. The van der Waals surface area contributed by atoms with Crippen LogP contribution in [0.2, 0.25) is 5.02 Å². The maximum Gasteiger partial charge on any atom is 0.320 e. The molecule has 2 aromatic rings. The number of aliphatic carboxylic acids is 1. The van der Waals surface area contributed by atoms with E-state index >= 15 is 0 Å². The number of hydrogen-bond acceptors (Lipinski definition) is 3. The van der Waals surface area contributed by atoms with Gasteiger partial charge in [-0.1, -0.05) is 36.6 Å². The number of benzene rings is 1. The fraction of sp³-hybridized carbons (Fsp3) is 0.474. The van der Waals surface area contributed by atoms with Crippen molar-refractivity contribution in [3.63, 3.8) is 0 Å². The molecule has 1 saturated carbocycles. The van der Waals surface area contributed by atoms with Crippen LogP contribution in [0, 0.1) is 5.92 Å². The number of carbonyl (C=O) groups is 1. The second-order valence-electron chi connectivity index (χ2n) is 6.98. The van der Waals surface area contributed by atoms with E-state index in [0.717, 1.165) is 35.7 Å². The number of hydrogen-bond donors (Lipinski definition) is 1. The number of carboxylic acids is 1. The van der Waals surface area contributed by atoms with Gasteiger partial charge in [-0.15, -0.1) is 0 Å². The van der Waals surface area contributed by atoms with Gasteiger partial charge in [-0.05, 0) is 37.3 Å². The van der Waals surface area contributed by atoms with E-state index in [2.05, 4.69) is 9.88 Å². The average molecular weight is 345 g/mol. The van der Waals surface area contributed by atoms with Crippen molar-refractivity contribution in [1.29, 1.82) is 0 Å². The summed E-state index contributed by atoms with van der Waals surface area (Å²) in [5.41, 5.74) is 1.83. The Morgan fingerprint density at radius 3 is 2.96 bits per heavy atom. The van der Waals surface area contributed by atoms with E-state index in [1.807, 2.05) is 24.3 Å². The van der Waals surface area contributed by atoms with Gasteiger partial charge < -0.3 is 5.11 Å². The maximum atomic E-state index is 11.8. The van der Waals surface area contributed by atoms with Gasteiger partial charge in [0.25, 0.3) is 0 Å². The zero-order valence-corrected chi connectivity index (χ0v) is 14.2. The van der Waals surface area contributed by atoms with Crippen molar-refractivity contribution in [1.82, 2.24) is 9.88 Å². The van der Waals surface area contributed by atoms with Crippen molar-refractivity contribution < 1.29 is 9.90 Å². The van der Waals surface area contributed by atoms with Gasteiger partial charge in [0, 0.05) is 34.8 Å². The molecule has 0 spiro atoms. The summed E-state index contributed by atoms with van der Waals surface area (Å²) in [6.07, 6.45) is 7.17. The summed E-state index contributed by atoms with van der Waals surface area (Å²) in [5, 5.41) is 11.4. The van der Waals surface area contributed by atoms with Crippen LogP contribution in [0.1, 0.15) is 37.7 Å². The van der Waals surface area contributed by atoms with Gasteiger partial charge in [0.1, 0.15) is 6.04 Å². The minimum atomic E-state index is -0.714. The van der Waals surface area contributed by atoms with E-state index in [-0.39, 0.29) is 0 Å². The first-order chi connectivity index (χ1) is 11.6. The molecule has 1 N–H and O–H groups in total. The summed E-state index contributed by atoms with van der Waals surface area (Å²) >= 11 is 6.47. The molecular formula is C19H21ClN2O2. The largest absolute Gasteiger partial charge is 0.480 e. The molecule has 5 heteroatoms. The molecule has 2 heterocycles. The van der Waals surface area contributed by atoms with E-state index in [1.165, 1.54) is 12.8 Å². The maximum absolute atomic E-state index is 11.8. The van der Waals surface area contributed by atoms with Crippen molar-refractivity contribution in [2.75, 3.05) is 0 Å². The van der Waals surface area contributed by atoms with Crippen LogP contribution in [0.4, 0.5) is 0 Å². The van der Waals surface area contributed by atoms with E-state index < -0.39 is 12.0 Å². The minimum Gasteiger partial charge on any atom is -0.480 e. The first-order valence-electron chi connectivity index (χ1n) is 8.66. The Balaban J connectivity index is 1.73. The normalized spacial score (nSPS) is 27.3. The Hall–Kier alpha value is -1.65. The second kappa shape index (κ2) is 6.34. The lowest BCUT2D eigenvalue weighted by Crippen LogP contribution is -2.41. The highest BCUT2D eigenvalue weighted by Crippen LogP contribution is 2.41. The van der Waals surface area contributed by atoms with E-state index in [1.54, 1.807) is 6.20 Å². The van der Waals surface area contributed by atoms with Gasteiger partial charge in [-0.25, -0.2) is 0 Å². The molecular weight excluding hydrogens is 324 g/mol. The minimum absolute atomic E-state index is 0.356. The van der Waals surface area contributed by atoms with E-state index in [9.17, 15) is 9.90 Å². The van der Waals surface area contributed by atoms with Gasteiger partial charge in [0.2, 0.25) is 0 Å². The van der Waals surface area contributed by atoms with Gasteiger partial charge >= 0.3 is 5.97 Å².